The first kappa shape index (κ1) is 13.1. The Hall–Kier alpha value is -1.58. The average Bonchev–Trinajstić information content (AvgIpc) is 2.89. The topological polar surface area (TPSA) is 13.1 Å². The third kappa shape index (κ3) is 2.12. The van der Waals surface area contributed by atoms with Crippen LogP contribution in [-0.2, 0) is 0 Å². The molecule has 0 spiro atoms. The van der Waals surface area contributed by atoms with E-state index in [1.54, 1.807) is 0 Å². The molecular weight excluding hydrogens is 392 g/mol. The zero-order chi connectivity index (χ0) is 14.4. The van der Waals surface area contributed by atoms with Crippen LogP contribution in [0.2, 0.25) is 0 Å². The maximum Gasteiger partial charge on any atom is 0.144 e. The molecule has 0 bridgehead atoms. The molecule has 1 heterocycles. The summed E-state index contributed by atoms with van der Waals surface area (Å²) in [5, 5.41) is 2.27. The maximum atomic E-state index is 6.11. The van der Waals surface area contributed by atoms with Crippen molar-refractivity contribution in [2.45, 2.75) is 0 Å². The zero-order valence-electron chi connectivity index (χ0n) is 10.9. The summed E-state index contributed by atoms with van der Waals surface area (Å²) in [7, 11) is 0. The highest BCUT2D eigenvalue weighted by atomic mass is 79.9. The molecule has 3 aromatic carbocycles. The van der Waals surface area contributed by atoms with E-state index in [1.807, 2.05) is 30.3 Å². The molecule has 21 heavy (non-hydrogen) atoms. The maximum absolute atomic E-state index is 6.11. The molecule has 0 aliphatic carbocycles. The van der Waals surface area contributed by atoms with Gasteiger partial charge in [-0.2, -0.15) is 0 Å². The fourth-order valence-corrected chi connectivity index (χ4v) is 3.43. The van der Waals surface area contributed by atoms with Crippen LogP contribution in [0.25, 0.3) is 33.1 Å². The van der Waals surface area contributed by atoms with Crippen LogP contribution in [0.4, 0.5) is 0 Å². The van der Waals surface area contributed by atoms with Crippen LogP contribution in [0.15, 0.2) is 74.0 Å². The number of hydrogen-bond acceptors (Lipinski definition) is 1. The number of benzene rings is 3. The van der Waals surface area contributed by atoms with Crippen molar-refractivity contribution < 1.29 is 4.42 Å². The molecule has 3 heteroatoms. The molecule has 4 aromatic rings. The Morgan fingerprint density at radius 2 is 1.52 bits per heavy atom. The monoisotopic (exact) mass is 400 g/mol. The molecule has 0 atom stereocenters. The van der Waals surface area contributed by atoms with E-state index in [4.69, 9.17) is 4.42 Å². The van der Waals surface area contributed by atoms with E-state index in [0.717, 1.165) is 42.0 Å². The summed E-state index contributed by atoms with van der Waals surface area (Å²) < 4.78 is 8.24. The Morgan fingerprint density at radius 3 is 2.33 bits per heavy atom. The largest absolute Gasteiger partial charge is 0.455 e. The first-order valence-corrected chi connectivity index (χ1v) is 8.18. The van der Waals surface area contributed by atoms with Gasteiger partial charge in [0.25, 0.3) is 0 Å². The summed E-state index contributed by atoms with van der Waals surface area (Å²) in [6.45, 7) is 0. The van der Waals surface area contributed by atoms with E-state index in [1.165, 1.54) is 0 Å². The summed E-state index contributed by atoms with van der Waals surface area (Å²) in [6.07, 6.45) is 0. The number of halogens is 2. The Balaban J connectivity index is 2.11. The number of rotatable bonds is 1. The van der Waals surface area contributed by atoms with Crippen molar-refractivity contribution in [3.05, 3.63) is 69.6 Å². The van der Waals surface area contributed by atoms with Gasteiger partial charge in [-0.25, -0.2) is 0 Å². The van der Waals surface area contributed by atoms with Crippen molar-refractivity contribution >= 4 is 53.8 Å². The van der Waals surface area contributed by atoms with Gasteiger partial charge in [-0.15, -0.1) is 0 Å². The van der Waals surface area contributed by atoms with Crippen LogP contribution in [0.1, 0.15) is 0 Å². The van der Waals surface area contributed by atoms with Crippen LogP contribution >= 0.6 is 31.9 Å². The molecule has 4 rings (SSSR count). The van der Waals surface area contributed by atoms with Gasteiger partial charge >= 0.3 is 0 Å². The summed E-state index contributed by atoms with van der Waals surface area (Å²) in [4.78, 5) is 0. The quantitative estimate of drug-likeness (QED) is 0.342. The van der Waals surface area contributed by atoms with Crippen molar-refractivity contribution in [1.82, 2.24) is 0 Å². The summed E-state index contributed by atoms with van der Waals surface area (Å²) in [6, 6.07) is 20.6. The second-order valence-corrected chi connectivity index (χ2v) is 6.67. The summed E-state index contributed by atoms with van der Waals surface area (Å²) in [5.41, 5.74) is 4.09. The standard InChI is InChI=1S/C18H10Br2O/c19-12-7-5-11(6-8-12)13-9-10-15(20)17-14-3-1-2-4-16(14)21-18(13)17/h1-10H. The molecule has 0 fully saturated rings. The lowest BCUT2D eigenvalue weighted by Gasteiger charge is -2.04. The molecule has 0 saturated carbocycles. The fraction of sp³-hybridized carbons (Fsp3) is 0. The molecule has 0 saturated heterocycles. The lowest BCUT2D eigenvalue weighted by Crippen LogP contribution is -1.79. The SMILES string of the molecule is Brc1ccc(-c2ccc(Br)c3c2oc2ccccc23)cc1. The Morgan fingerprint density at radius 1 is 0.762 bits per heavy atom. The highest BCUT2D eigenvalue weighted by Crippen LogP contribution is 2.39. The minimum atomic E-state index is 0.915. The van der Waals surface area contributed by atoms with Gasteiger partial charge in [0.1, 0.15) is 11.2 Å². The van der Waals surface area contributed by atoms with E-state index < -0.39 is 0 Å². The van der Waals surface area contributed by atoms with Crippen molar-refractivity contribution in [3.63, 3.8) is 0 Å². The van der Waals surface area contributed by atoms with Gasteiger partial charge in [-0.05, 0) is 35.9 Å². The van der Waals surface area contributed by atoms with E-state index in [2.05, 4.69) is 62.2 Å². The molecule has 0 radical (unpaired) electrons. The van der Waals surface area contributed by atoms with Crippen LogP contribution in [0.3, 0.4) is 0 Å². The van der Waals surface area contributed by atoms with Crippen molar-refractivity contribution in [1.29, 1.82) is 0 Å². The van der Waals surface area contributed by atoms with E-state index in [9.17, 15) is 0 Å². The van der Waals surface area contributed by atoms with Crippen LogP contribution in [0.5, 0.6) is 0 Å². The summed E-state index contributed by atoms with van der Waals surface area (Å²) in [5.74, 6) is 0. The molecule has 0 N–H and O–H groups in total. The van der Waals surface area contributed by atoms with E-state index >= 15 is 0 Å². The second kappa shape index (κ2) is 5.00. The minimum absolute atomic E-state index is 0.915. The van der Waals surface area contributed by atoms with Gasteiger partial charge in [-0.3, -0.25) is 0 Å². The van der Waals surface area contributed by atoms with Gasteiger partial charge in [0, 0.05) is 25.3 Å². The van der Waals surface area contributed by atoms with Crippen molar-refractivity contribution in [2.75, 3.05) is 0 Å². The first-order chi connectivity index (χ1) is 10.2. The molecule has 0 aliphatic rings. The predicted octanol–water partition coefficient (Wildman–Crippen LogP) is 6.78. The molecule has 1 aromatic heterocycles. The molecule has 0 amide bonds. The molecule has 0 aliphatic heterocycles. The average molecular weight is 402 g/mol. The smallest absolute Gasteiger partial charge is 0.144 e. The lowest BCUT2D eigenvalue weighted by atomic mass is 10.0. The highest BCUT2D eigenvalue weighted by molar-refractivity contribution is 9.11. The Bertz CT molecular complexity index is 952. The minimum Gasteiger partial charge on any atom is -0.455 e. The van der Waals surface area contributed by atoms with Gasteiger partial charge in [-0.1, -0.05) is 62.2 Å². The Kier molecular flexibility index (Phi) is 3.12. The van der Waals surface area contributed by atoms with Crippen LogP contribution < -0.4 is 0 Å². The van der Waals surface area contributed by atoms with Gasteiger partial charge < -0.3 is 4.42 Å². The second-order valence-electron chi connectivity index (χ2n) is 4.90. The first-order valence-electron chi connectivity index (χ1n) is 6.60. The van der Waals surface area contributed by atoms with Crippen LogP contribution in [-0.4, -0.2) is 0 Å². The van der Waals surface area contributed by atoms with Gasteiger partial charge in [0.15, 0.2) is 0 Å². The molecular formula is C18H10Br2O. The van der Waals surface area contributed by atoms with Crippen LogP contribution in [0, 0.1) is 0 Å². The summed E-state index contributed by atoms with van der Waals surface area (Å²) >= 11 is 7.12. The Labute approximate surface area is 138 Å². The van der Waals surface area contributed by atoms with Gasteiger partial charge in [0.2, 0.25) is 0 Å². The molecule has 1 nitrogen and oxygen atoms in total. The fourth-order valence-electron chi connectivity index (χ4n) is 2.64. The number of furan rings is 1. The molecule has 0 unspecified atom stereocenters. The van der Waals surface area contributed by atoms with Crippen molar-refractivity contribution in [3.8, 4) is 11.1 Å². The lowest BCUT2D eigenvalue weighted by molar-refractivity contribution is 0.670. The third-order valence-corrected chi connectivity index (χ3v) is 4.82. The van der Waals surface area contributed by atoms with Crippen molar-refractivity contribution in [2.24, 2.45) is 0 Å². The predicted molar refractivity (Wildman–Crippen MR) is 94.6 cm³/mol. The van der Waals surface area contributed by atoms with Gasteiger partial charge in [0.05, 0.1) is 0 Å². The zero-order valence-corrected chi connectivity index (χ0v) is 14.1. The third-order valence-electron chi connectivity index (χ3n) is 3.63. The number of fused-ring (bicyclic) bond motifs is 3. The van der Waals surface area contributed by atoms with E-state index in [0.29, 0.717) is 0 Å². The number of hydrogen-bond donors (Lipinski definition) is 0. The normalized spacial score (nSPS) is 11.3. The highest BCUT2D eigenvalue weighted by Gasteiger charge is 2.14. The van der Waals surface area contributed by atoms with E-state index in [-0.39, 0.29) is 0 Å². The number of para-hydroxylation sites is 1. The molecule has 102 valence electrons.